The molecule has 1 aromatic heterocycles. The van der Waals surface area contributed by atoms with Gasteiger partial charge in [-0.25, -0.2) is 9.78 Å². The summed E-state index contributed by atoms with van der Waals surface area (Å²) in [5.41, 5.74) is 0.641. The summed E-state index contributed by atoms with van der Waals surface area (Å²) in [7, 11) is 0. The molecule has 1 fully saturated rings. The Kier molecular flexibility index (Phi) is 4.95. The molecule has 0 aliphatic carbocycles. The van der Waals surface area contributed by atoms with Crippen LogP contribution >= 0.6 is 11.3 Å². The second-order valence-corrected chi connectivity index (χ2v) is 6.09. The van der Waals surface area contributed by atoms with E-state index in [2.05, 4.69) is 4.98 Å². The van der Waals surface area contributed by atoms with Gasteiger partial charge in [0.1, 0.15) is 22.0 Å². The summed E-state index contributed by atoms with van der Waals surface area (Å²) in [6, 6.07) is -0.716. The van der Waals surface area contributed by atoms with Gasteiger partial charge in [-0.2, -0.15) is 0 Å². The zero-order valence-corrected chi connectivity index (χ0v) is 13.3. The number of carboxylic acids is 1. The maximum Gasteiger partial charge on any atom is 0.326 e. The highest BCUT2D eigenvalue weighted by Gasteiger charge is 2.36. The number of carboxylic acid groups (broad SMARTS) is 1. The average molecular weight is 312 g/mol. The van der Waals surface area contributed by atoms with E-state index < -0.39 is 12.0 Å². The Morgan fingerprint density at radius 2 is 2.29 bits per heavy atom. The molecule has 2 atom stereocenters. The monoisotopic (exact) mass is 312 g/mol. The molecule has 1 aliphatic heterocycles. The van der Waals surface area contributed by atoms with Crippen LogP contribution < -0.4 is 0 Å². The lowest BCUT2D eigenvalue weighted by Gasteiger charge is -2.20. The van der Waals surface area contributed by atoms with Crippen LogP contribution in [0.4, 0.5) is 0 Å². The van der Waals surface area contributed by atoms with Gasteiger partial charge in [0.05, 0.1) is 5.69 Å². The zero-order chi connectivity index (χ0) is 15.6. The smallest absolute Gasteiger partial charge is 0.326 e. The van der Waals surface area contributed by atoms with E-state index in [1.54, 1.807) is 6.92 Å². The largest absolute Gasteiger partial charge is 0.480 e. The Morgan fingerprint density at radius 3 is 2.90 bits per heavy atom. The van der Waals surface area contributed by atoms with Gasteiger partial charge in [-0.15, -0.1) is 11.3 Å². The van der Waals surface area contributed by atoms with Crippen molar-refractivity contribution in [3.05, 3.63) is 15.6 Å². The van der Waals surface area contributed by atoms with E-state index in [0.29, 0.717) is 30.1 Å². The molecular weight excluding hydrogens is 292 g/mol. The Bertz CT molecular complexity index is 543. The quantitative estimate of drug-likeness (QED) is 0.902. The third kappa shape index (κ3) is 3.24. The van der Waals surface area contributed by atoms with Crippen molar-refractivity contribution in [3.8, 4) is 0 Å². The topological polar surface area (TPSA) is 79.7 Å². The number of nitrogens with zero attached hydrogens (tertiary/aromatic N) is 2. The first kappa shape index (κ1) is 15.9. The van der Waals surface area contributed by atoms with Crippen molar-refractivity contribution in [2.45, 2.75) is 45.8 Å². The number of amides is 1. The zero-order valence-electron chi connectivity index (χ0n) is 12.5. The molecule has 0 unspecified atom stereocenters. The first-order valence-electron chi connectivity index (χ1n) is 7.08. The van der Waals surface area contributed by atoms with E-state index in [1.807, 2.05) is 13.8 Å². The van der Waals surface area contributed by atoms with E-state index >= 15 is 0 Å². The Hall–Kier alpha value is -1.47. The van der Waals surface area contributed by atoms with Gasteiger partial charge in [-0.1, -0.05) is 0 Å². The lowest BCUT2D eigenvalue weighted by molar-refractivity contribution is -0.141. The van der Waals surface area contributed by atoms with Gasteiger partial charge in [-0.3, -0.25) is 4.79 Å². The van der Waals surface area contributed by atoms with Gasteiger partial charge in [0, 0.05) is 13.2 Å². The van der Waals surface area contributed by atoms with Crippen LogP contribution in [0, 0.1) is 6.92 Å². The lowest BCUT2D eigenvalue weighted by atomic mass is 10.2. The molecule has 116 valence electrons. The first-order chi connectivity index (χ1) is 9.95. The molecule has 21 heavy (non-hydrogen) atoms. The van der Waals surface area contributed by atoms with E-state index in [0.717, 1.165) is 11.4 Å². The number of rotatable bonds is 5. The number of hydrogen-bond acceptors (Lipinski definition) is 5. The van der Waals surface area contributed by atoms with Crippen molar-refractivity contribution >= 4 is 23.2 Å². The Labute approximate surface area is 127 Å². The van der Waals surface area contributed by atoms with Gasteiger partial charge >= 0.3 is 5.97 Å². The standard InChI is InChI=1S/C14H20N2O4S/c1-4-20-9(3)12-15-8(2)11(21-12)13(17)16-7-5-6-10(16)14(18)19/h9-10H,4-7H2,1-3H3,(H,18,19)/t9-,10+/m0/s1. The number of aryl methyl sites for hydroxylation is 1. The van der Waals surface area contributed by atoms with E-state index in [1.165, 1.54) is 16.2 Å². The van der Waals surface area contributed by atoms with Gasteiger partial charge in [0.15, 0.2) is 0 Å². The molecule has 1 saturated heterocycles. The third-order valence-electron chi connectivity index (χ3n) is 3.57. The molecular formula is C14H20N2O4S. The van der Waals surface area contributed by atoms with Crippen molar-refractivity contribution in [1.82, 2.24) is 9.88 Å². The number of ether oxygens (including phenoxy) is 1. The number of carbonyl (C=O) groups excluding carboxylic acids is 1. The fraction of sp³-hybridized carbons (Fsp3) is 0.643. The Balaban J connectivity index is 2.21. The molecule has 0 radical (unpaired) electrons. The van der Waals surface area contributed by atoms with Crippen LogP contribution in [0.1, 0.15) is 53.2 Å². The van der Waals surface area contributed by atoms with E-state index in [-0.39, 0.29) is 12.0 Å². The molecule has 6 nitrogen and oxygen atoms in total. The minimum atomic E-state index is -0.939. The number of hydrogen-bond donors (Lipinski definition) is 1. The van der Waals surface area contributed by atoms with Crippen molar-refractivity contribution < 1.29 is 19.4 Å². The third-order valence-corrected chi connectivity index (χ3v) is 4.88. The van der Waals surface area contributed by atoms with Crippen molar-refractivity contribution in [2.75, 3.05) is 13.2 Å². The molecule has 2 heterocycles. The number of aliphatic carboxylic acids is 1. The normalized spacial score (nSPS) is 19.8. The molecule has 0 saturated carbocycles. The summed E-state index contributed by atoms with van der Waals surface area (Å²) in [6.07, 6.45) is 1.08. The lowest BCUT2D eigenvalue weighted by Crippen LogP contribution is -2.40. The molecule has 0 aromatic carbocycles. The number of aromatic nitrogens is 1. The summed E-state index contributed by atoms with van der Waals surface area (Å²) in [5, 5.41) is 9.94. The first-order valence-corrected chi connectivity index (χ1v) is 7.90. The summed E-state index contributed by atoms with van der Waals surface area (Å²) < 4.78 is 5.49. The number of carbonyl (C=O) groups is 2. The van der Waals surface area contributed by atoms with Crippen LogP contribution in [0.5, 0.6) is 0 Å². The fourth-order valence-electron chi connectivity index (χ4n) is 2.51. The summed E-state index contributed by atoms with van der Waals surface area (Å²) in [6.45, 7) is 6.65. The van der Waals surface area contributed by atoms with Crippen LogP contribution in [0.3, 0.4) is 0 Å². The van der Waals surface area contributed by atoms with Crippen LogP contribution in [-0.4, -0.2) is 46.1 Å². The minimum absolute atomic E-state index is 0.158. The highest BCUT2D eigenvalue weighted by atomic mass is 32.1. The number of thiazole rings is 1. The second kappa shape index (κ2) is 6.53. The van der Waals surface area contributed by atoms with Crippen LogP contribution in [0.15, 0.2) is 0 Å². The highest BCUT2D eigenvalue weighted by Crippen LogP contribution is 2.29. The van der Waals surface area contributed by atoms with Crippen molar-refractivity contribution in [2.24, 2.45) is 0 Å². The van der Waals surface area contributed by atoms with E-state index in [9.17, 15) is 14.7 Å². The maximum absolute atomic E-state index is 12.6. The minimum Gasteiger partial charge on any atom is -0.480 e. The van der Waals surface area contributed by atoms with Crippen LogP contribution in [-0.2, 0) is 9.53 Å². The molecule has 0 bridgehead atoms. The van der Waals surface area contributed by atoms with Gasteiger partial charge in [0.2, 0.25) is 0 Å². The molecule has 1 amide bonds. The molecule has 1 aliphatic rings. The van der Waals surface area contributed by atoms with E-state index in [4.69, 9.17) is 4.74 Å². The molecule has 2 rings (SSSR count). The van der Waals surface area contributed by atoms with Crippen LogP contribution in [0.2, 0.25) is 0 Å². The number of likely N-dealkylation sites (tertiary alicyclic amines) is 1. The SMILES string of the molecule is CCO[C@@H](C)c1nc(C)c(C(=O)N2CCC[C@@H]2C(=O)O)s1. The molecule has 1 N–H and O–H groups in total. The van der Waals surface area contributed by atoms with Gasteiger partial charge in [0.25, 0.3) is 5.91 Å². The summed E-state index contributed by atoms with van der Waals surface area (Å²) in [4.78, 5) is 30.1. The summed E-state index contributed by atoms with van der Waals surface area (Å²) in [5.74, 6) is -1.17. The maximum atomic E-state index is 12.6. The molecule has 7 heteroatoms. The molecule has 1 aromatic rings. The van der Waals surface area contributed by atoms with Crippen molar-refractivity contribution in [1.29, 1.82) is 0 Å². The average Bonchev–Trinajstić information content (AvgIpc) is 3.04. The highest BCUT2D eigenvalue weighted by molar-refractivity contribution is 7.13. The van der Waals surface area contributed by atoms with Crippen molar-refractivity contribution in [3.63, 3.8) is 0 Å². The Morgan fingerprint density at radius 1 is 1.57 bits per heavy atom. The second-order valence-electron chi connectivity index (χ2n) is 5.06. The van der Waals surface area contributed by atoms with Gasteiger partial charge < -0.3 is 14.7 Å². The van der Waals surface area contributed by atoms with Gasteiger partial charge in [-0.05, 0) is 33.6 Å². The molecule has 0 spiro atoms. The predicted octanol–water partition coefficient (Wildman–Crippen LogP) is 2.24. The van der Waals surface area contributed by atoms with Crippen LogP contribution in [0.25, 0.3) is 0 Å². The summed E-state index contributed by atoms with van der Waals surface area (Å²) >= 11 is 1.30. The fourth-order valence-corrected chi connectivity index (χ4v) is 3.53. The predicted molar refractivity (Wildman–Crippen MR) is 78.6 cm³/mol.